The first-order valence-corrected chi connectivity index (χ1v) is 12.7. The SMILES string of the molecule is COC(=O)[C@H](C(C)C)[N+]1=C2C=CC=CC=C2O[B-]1(F)F.COC(=O)[C@H](C(C)C)[N+]1=C2C=CC=CC=C2O[B-]1(F)F. The van der Waals surface area contributed by atoms with Crippen molar-refractivity contribution in [3.63, 3.8) is 0 Å². The van der Waals surface area contributed by atoms with Crippen LogP contribution in [0.2, 0.25) is 0 Å². The predicted octanol–water partition coefficient (Wildman–Crippen LogP) is 4.10. The quantitative estimate of drug-likeness (QED) is 0.274. The molecule has 0 fully saturated rings. The summed E-state index contributed by atoms with van der Waals surface area (Å²) in [6, 6.07) is -2.20. The van der Waals surface area contributed by atoms with Crippen LogP contribution in [0.5, 0.6) is 0 Å². The zero-order chi connectivity index (χ0) is 29.8. The summed E-state index contributed by atoms with van der Waals surface area (Å²) < 4.78 is 77.0. The first kappa shape index (κ1) is 30.7. The Hall–Kier alpha value is -3.83. The number of carbonyl (C=O) groups is 2. The summed E-state index contributed by atoms with van der Waals surface area (Å²) in [5.41, 5.74) is 0.396. The highest BCUT2D eigenvalue weighted by Gasteiger charge is 2.60. The Balaban J connectivity index is 0.000000220. The monoisotopic (exact) mass is 566 g/mol. The highest BCUT2D eigenvalue weighted by Crippen LogP contribution is 2.32. The molecule has 4 rings (SSSR count). The van der Waals surface area contributed by atoms with E-state index in [0.29, 0.717) is 0 Å². The van der Waals surface area contributed by atoms with Crippen molar-refractivity contribution in [1.82, 2.24) is 0 Å². The molecular weight excluding hydrogens is 534 g/mol. The van der Waals surface area contributed by atoms with Crippen LogP contribution in [0.25, 0.3) is 0 Å². The molecule has 216 valence electrons. The van der Waals surface area contributed by atoms with Crippen molar-refractivity contribution >= 4 is 37.4 Å². The van der Waals surface area contributed by atoms with Gasteiger partial charge in [0, 0.05) is 24.0 Å². The summed E-state index contributed by atoms with van der Waals surface area (Å²) in [4.78, 5) is 23.7. The van der Waals surface area contributed by atoms with Crippen LogP contribution in [0.4, 0.5) is 17.3 Å². The fourth-order valence-electron chi connectivity index (χ4n) is 4.74. The second kappa shape index (κ2) is 12.1. The van der Waals surface area contributed by atoms with Crippen LogP contribution in [-0.4, -0.2) is 72.7 Å². The van der Waals surface area contributed by atoms with E-state index in [9.17, 15) is 26.9 Å². The molecule has 0 amide bonds. The van der Waals surface area contributed by atoms with Crippen LogP contribution < -0.4 is 0 Å². The number of esters is 2. The number of fused-ring (bicyclic) bond motifs is 2. The second-order valence-electron chi connectivity index (χ2n) is 9.92. The first-order valence-electron chi connectivity index (χ1n) is 12.7. The molecule has 40 heavy (non-hydrogen) atoms. The summed E-state index contributed by atoms with van der Waals surface area (Å²) >= 11 is 0. The summed E-state index contributed by atoms with van der Waals surface area (Å²) in [7, 11) is -6.23. The van der Waals surface area contributed by atoms with Gasteiger partial charge in [0.05, 0.1) is 14.2 Å². The molecule has 0 spiro atoms. The zero-order valence-corrected chi connectivity index (χ0v) is 23.1. The molecule has 0 bridgehead atoms. The molecule has 0 aromatic rings. The summed E-state index contributed by atoms with van der Waals surface area (Å²) in [6.45, 7) is 6.76. The standard InChI is InChI=1S/2C13H16BF2NO3/c2*1-9(2)12(13(18)19-3)17-10-7-5-4-6-8-11(10)20-14(17,15)16/h2*4-9,12H,1-3H3/t2*12-/m00/s1. The largest absolute Gasteiger partial charge is 0.829 e. The van der Waals surface area contributed by atoms with Gasteiger partial charge in [-0.2, -0.15) is 0 Å². The lowest BCUT2D eigenvalue weighted by atomic mass is 9.94. The number of hydrogen-bond acceptors (Lipinski definition) is 6. The highest BCUT2D eigenvalue weighted by molar-refractivity contribution is 6.55. The van der Waals surface area contributed by atoms with Crippen molar-refractivity contribution in [2.45, 2.75) is 39.8 Å². The highest BCUT2D eigenvalue weighted by atomic mass is 19.3. The average molecular weight is 566 g/mol. The number of hydrogen-bond donors (Lipinski definition) is 0. The maximum absolute atomic E-state index is 14.2. The fraction of sp³-hybridized carbons (Fsp3) is 0.385. The minimum absolute atomic E-state index is 0.0644. The minimum atomic E-state index is -4.30. The van der Waals surface area contributed by atoms with Crippen LogP contribution in [0.15, 0.2) is 72.3 Å². The summed E-state index contributed by atoms with van der Waals surface area (Å²) in [5, 5.41) is 0. The van der Waals surface area contributed by atoms with Crippen LogP contribution in [-0.2, 0) is 28.4 Å². The smallest absolute Gasteiger partial charge is 0.595 e. The van der Waals surface area contributed by atoms with Gasteiger partial charge in [-0.15, -0.1) is 0 Å². The molecule has 8 nitrogen and oxygen atoms in total. The van der Waals surface area contributed by atoms with Crippen molar-refractivity contribution in [1.29, 1.82) is 0 Å². The second-order valence-corrected chi connectivity index (χ2v) is 9.92. The van der Waals surface area contributed by atoms with E-state index in [0.717, 1.165) is 8.97 Å². The topological polar surface area (TPSA) is 77.1 Å². The number of allylic oxidation sites excluding steroid dienone is 10. The molecule has 2 heterocycles. The van der Waals surface area contributed by atoms with Gasteiger partial charge in [0.2, 0.25) is 12.1 Å². The number of nitrogens with zero attached hydrogens (tertiary/aromatic N) is 2. The maximum atomic E-state index is 14.2. The van der Waals surface area contributed by atoms with Gasteiger partial charge in [0.1, 0.15) is 11.5 Å². The average Bonchev–Trinajstić information content (AvgIpc) is 3.07. The van der Waals surface area contributed by atoms with Crippen LogP contribution >= 0.6 is 0 Å². The molecule has 0 saturated heterocycles. The van der Waals surface area contributed by atoms with Gasteiger partial charge in [-0.3, -0.25) is 0 Å². The fourth-order valence-corrected chi connectivity index (χ4v) is 4.74. The number of halogens is 4. The van der Waals surface area contributed by atoms with Crippen molar-refractivity contribution in [3.8, 4) is 0 Å². The zero-order valence-electron chi connectivity index (χ0n) is 23.1. The Bertz CT molecular complexity index is 1200. The van der Waals surface area contributed by atoms with Crippen molar-refractivity contribution in [2.24, 2.45) is 11.8 Å². The molecule has 0 radical (unpaired) electrons. The molecule has 0 unspecified atom stereocenters. The first-order chi connectivity index (χ1) is 18.8. The molecule has 0 N–H and O–H groups in total. The summed E-state index contributed by atoms with van der Waals surface area (Å²) in [5.74, 6) is -1.98. The van der Waals surface area contributed by atoms with Gasteiger partial charge in [-0.25, -0.2) is 9.59 Å². The van der Waals surface area contributed by atoms with Crippen LogP contribution in [0.1, 0.15) is 27.7 Å². The van der Waals surface area contributed by atoms with E-state index in [-0.39, 0.29) is 34.8 Å². The van der Waals surface area contributed by atoms with E-state index in [1.165, 1.54) is 38.5 Å². The van der Waals surface area contributed by atoms with Gasteiger partial charge >= 0.3 is 26.0 Å². The Morgan fingerprint density at radius 3 is 1.32 bits per heavy atom. The van der Waals surface area contributed by atoms with Crippen molar-refractivity contribution in [3.05, 3.63) is 72.3 Å². The lowest BCUT2D eigenvalue weighted by molar-refractivity contribution is -0.470. The lowest BCUT2D eigenvalue weighted by Crippen LogP contribution is -2.51. The van der Waals surface area contributed by atoms with E-state index >= 15 is 0 Å². The molecule has 2 aliphatic carbocycles. The van der Waals surface area contributed by atoms with Gasteiger partial charge in [0.25, 0.3) is 0 Å². The molecule has 0 aromatic carbocycles. The van der Waals surface area contributed by atoms with E-state index in [1.54, 1.807) is 64.2 Å². The van der Waals surface area contributed by atoms with Gasteiger partial charge < -0.3 is 45.0 Å². The molecule has 2 aliphatic heterocycles. The van der Waals surface area contributed by atoms with E-state index in [2.05, 4.69) is 9.47 Å². The third-order valence-electron chi connectivity index (χ3n) is 6.44. The van der Waals surface area contributed by atoms with E-state index < -0.39 is 38.1 Å². The maximum Gasteiger partial charge on any atom is 0.829 e. The normalized spacial score (nSPS) is 21.2. The minimum Gasteiger partial charge on any atom is -0.595 e. The number of ether oxygens (including phenoxy) is 2. The van der Waals surface area contributed by atoms with Gasteiger partial charge in [0.15, 0.2) is 11.4 Å². The molecule has 14 heteroatoms. The third kappa shape index (κ3) is 6.15. The van der Waals surface area contributed by atoms with E-state index in [4.69, 9.17) is 9.31 Å². The molecular formula is C26H32B2F4N2O6. The number of methoxy groups -OCH3 is 2. The Morgan fingerprint density at radius 2 is 1.02 bits per heavy atom. The molecule has 2 atom stereocenters. The Kier molecular flexibility index (Phi) is 9.32. The molecule has 0 aromatic heterocycles. The summed E-state index contributed by atoms with van der Waals surface area (Å²) in [6.07, 6.45) is 15.8. The molecule has 4 aliphatic rings. The number of carbonyl (C=O) groups excluding carboxylic acids is 2. The van der Waals surface area contributed by atoms with Crippen molar-refractivity contribution < 1.29 is 54.6 Å². The predicted molar refractivity (Wildman–Crippen MR) is 143 cm³/mol. The number of rotatable bonds is 6. The lowest BCUT2D eigenvalue weighted by Gasteiger charge is -2.24. The Labute approximate surface area is 230 Å². The van der Waals surface area contributed by atoms with Crippen molar-refractivity contribution in [2.75, 3.05) is 14.2 Å². The Morgan fingerprint density at radius 1 is 0.675 bits per heavy atom. The van der Waals surface area contributed by atoms with Gasteiger partial charge in [-0.1, -0.05) is 64.2 Å². The van der Waals surface area contributed by atoms with Crippen LogP contribution in [0.3, 0.4) is 0 Å². The molecule has 0 saturated carbocycles. The van der Waals surface area contributed by atoms with Gasteiger partial charge in [-0.05, 0) is 12.2 Å². The third-order valence-corrected chi connectivity index (χ3v) is 6.44. The van der Waals surface area contributed by atoms with E-state index in [1.807, 2.05) is 0 Å². The van der Waals surface area contributed by atoms with Crippen LogP contribution in [0, 0.1) is 11.8 Å².